The third kappa shape index (κ3) is 2.54. The minimum absolute atomic E-state index is 0.329. The molecule has 0 aromatic heterocycles. The zero-order valence-corrected chi connectivity index (χ0v) is 11.8. The molecular formula is C17H23NO. The molecule has 1 saturated heterocycles. The van der Waals surface area contributed by atoms with Crippen LogP contribution in [0.4, 0.5) is 0 Å². The first-order valence-electron chi connectivity index (χ1n) is 7.60. The van der Waals surface area contributed by atoms with Crippen LogP contribution in [-0.4, -0.2) is 23.9 Å². The molecular weight excluding hydrogens is 234 g/mol. The molecule has 0 spiro atoms. The Bertz CT molecular complexity index is 462. The summed E-state index contributed by atoms with van der Waals surface area (Å²) in [6.07, 6.45) is 5.84. The van der Waals surface area contributed by atoms with Gasteiger partial charge < -0.3 is 4.90 Å². The number of aryl methyl sites for hydroxylation is 1. The third-order valence-corrected chi connectivity index (χ3v) is 4.83. The van der Waals surface area contributed by atoms with Gasteiger partial charge in [0.25, 0.3) is 0 Å². The number of amides is 1. The molecule has 1 aromatic carbocycles. The lowest BCUT2D eigenvalue weighted by molar-refractivity contribution is -0.134. The summed E-state index contributed by atoms with van der Waals surface area (Å²) in [5.41, 5.74) is 2.80. The number of hydrogen-bond acceptors (Lipinski definition) is 1. The molecule has 0 radical (unpaired) electrons. The van der Waals surface area contributed by atoms with Crippen LogP contribution in [0.3, 0.4) is 0 Å². The van der Waals surface area contributed by atoms with Gasteiger partial charge in [-0.15, -0.1) is 0 Å². The number of nitrogens with zero attached hydrogens (tertiary/aromatic N) is 1. The number of rotatable bonds is 2. The largest absolute Gasteiger partial charge is 0.342 e. The molecule has 1 saturated carbocycles. The van der Waals surface area contributed by atoms with Gasteiger partial charge in [-0.2, -0.15) is 0 Å². The summed E-state index contributed by atoms with van der Waals surface area (Å²) in [6.45, 7) is 4.06. The van der Waals surface area contributed by atoms with E-state index in [1.54, 1.807) is 0 Å². The second-order valence-corrected chi connectivity index (χ2v) is 6.11. The molecule has 3 rings (SSSR count). The van der Waals surface area contributed by atoms with Crippen LogP contribution in [0.5, 0.6) is 0 Å². The van der Waals surface area contributed by atoms with Crippen LogP contribution in [0, 0.1) is 12.8 Å². The standard InChI is InChI=1S/C17H23NO/c1-13-6-2-5-9-16(13)15-10-11-18(12-15)17(19)14-7-3-4-8-14/h2,5-6,9,14-15H,3-4,7-8,10-12H2,1H3/t15-/m1/s1. The second kappa shape index (κ2) is 5.36. The van der Waals surface area contributed by atoms with Crippen LogP contribution < -0.4 is 0 Å². The maximum Gasteiger partial charge on any atom is 0.225 e. The number of carbonyl (C=O) groups is 1. The Morgan fingerprint density at radius 1 is 1.16 bits per heavy atom. The van der Waals surface area contributed by atoms with Crippen molar-refractivity contribution in [3.63, 3.8) is 0 Å². The summed E-state index contributed by atoms with van der Waals surface area (Å²) >= 11 is 0. The lowest BCUT2D eigenvalue weighted by Gasteiger charge is -2.21. The van der Waals surface area contributed by atoms with Crippen molar-refractivity contribution in [2.75, 3.05) is 13.1 Å². The molecule has 1 aliphatic heterocycles. The van der Waals surface area contributed by atoms with E-state index < -0.39 is 0 Å². The second-order valence-electron chi connectivity index (χ2n) is 6.11. The topological polar surface area (TPSA) is 20.3 Å². The molecule has 0 unspecified atom stereocenters. The zero-order valence-electron chi connectivity index (χ0n) is 11.8. The van der Waals surface area contributed by atoms with Crippen molar-refractivity contribution in [2.45, 2.75) is 44.9 Å². The van der Waals surface area contributed by atoms with Crippen LogP contribution in [0.25, 0.3) is 0 Å². The monoisotopic (exact) mass is 257 g/mol. The highest BCUT2D eigenvalue weighted by molar-refractivity contribution is 5.79. The van der Waals surface area contributed by atoms with E-state index in [0.29, 0.717) is 17.7 Å². The number of hydrogen-bond donors (Lipinski definition) is 0. The quantitative estimate of drug-likeness (QED) is 0.794. The summed E-state index contributed by atoms with van der Waals surface area (Å²) in [5.74, 6) is 1.30. The molecule has 1 aliphatic carbocycles. The number of benzene rings is 1. The summed E-state index contributed by atoms with van der Waals surface area (Å²) < 4.78 is 0. The van der Waals surface area contributed by atoms with Crippen LogP contribution in [0.1, 0.15) is 49.1 Å². The average molecular weight is 257 g/mol. The van der Waals surface area contributed by atoms with Gasteiger partial charge in [0.2, 0.25) is 5.91 Å². The molecule has 2 fully saturated rings. The molecule has 2 heteroatoms. The van der Waals surface area contributed by atoms with Crippen LogP contribution in [0.15, 0.2) is 24.3 Å². The Hall–Kier alpha value is -1.31. The zero-order chi connectivity index (χ0) is 13.2. The van der Waals surface area contributed by atoms with E-state index in [9.17, 15) is 4.79 Å². The highest BCUT2D eigenvalue weighted by atomic mass is 16.2. The fourth-order valence-electron chi connectivity index (χ4n) is 3.69. The van der Waals surface area contributed by atoms with E-state index in [1.807, 2.05) is 0 Å². The molecule has 1 atom stereocenters. The molecule has 1 heterocycles. The molecule has 1 amide bonds. The van der Waals surface area contributed by atoms with Gasteiger partial charge in [0.1, 0.15) is 0 Å². The maximum absolute atomic E-state index is 12.4. The Morgan fingerprint density at radius 3 is 2.63 bits per heavy atom. The van der Waals surface area contributed by atoms with Crippen molar-refractivity contribution in [3.8, 4) is 0 Å². The first kappa shape index (κ1) is 12.7. The minimum Gasteiger partial charge on any atom is -0.342 e. The Morgan fingerprint density at radius 2 is 1.89 bits per heavy atom. The van der Waals surface area contributed by atoms with Gasteiger partial charge in [0, 0.05) is 24.9 Å². The summed E-state index contributed by atoms with van der Waals surface area (Å²) in [5, 5.41) is 0. The number of likely N-dealkylation sites (tertiary alicyclic amines) is 1. The normalized spacial score (nSPS) is 24.1. The van der Waals surface area contributed by atoms with Gasteiger partial charge in [-0.1, -0.05) is 37.1 Å². The van der Waals surface area contributed by atoms with Gasteiger partial charge in [0.15, 0.2) is 0 Å². The molecule has 0 N–H and O–H groups in total. The van der Waals surface area contributed by atoms with E-state index in [4.69, 9.17) is 0 Å². The first-order chi connectivity index (χ1) is 9.25. The maximum atomic E-state index is 12.4. The predicted octanol–water partition coefficient (Wildman–Crippen LogP) is 3.50. The lowest BCUT2D eigenvalue weighted by atomic mass is 9.94. The SMILES string of the molecule is Cc1ccccc1[C@@H]1CCN(C(=O)C2CCCC2)C1. The van der Waals surface area contributed by atoms with Gasteiger partial charge in [-0.3, -0.25) is 4.79 Å². The van der Waals surface area contributed by atoms with E-state index >= 15 is 0 Å². The van der Waals surface area contributed by atoms with Crippen molar-refractivity contribution in [3.05, 3.63) is 35.4 Å². The van der Waals surface area contributed by atoms with Crippen LogP contribution in [-0.2, 0) is 4.79 Å². The van der Waals surface area contributed by atoms with Crippen LogP contribution in [0.2, 0.25) is 0 Å². The predicted molar refractivity (Wildman–Crippen MR) is 77.1 cm³/mol. The molecule has 19 heavy (non-hydrogen) atoms. The smallest absolute Gasteiger partial charge is 0.225 e. The van der Waals surface area contributed by atoms with Gasteiger partial charge in [-0.05, 0) is 37.3 Å². The first-order valence-corrected chi connectivity index (χ1v) is 7.60. The van der Waals surface area contributed by atoms with E-state index in [0.717, 1.165) is 32.4 Å². The fourth-order valence-corrected chi connectivity index (χ4v) is 3.69. The van der Waals surface area contributed by atoms with E-state index in [1.165, 1.54) is 24.0 Å². The molecule has 2 nitrogen and oxygen atoms in total. The highest BCUT2D eigenvalue weighted by Crippen LogP contribution is 2.33. The summed E-state index contributed by atoms with van der Waals surface area (Å²) in [6, 6.07) is 8.61. The van der Waals surface area contributed by atoms with Gasteiger partial charge in [-0.25, -0.2) is 0 Å². The fraction of sp³-hybridized carbons (Fsp3) is 0.588. The molecule has 1 aromatic rings. The van der Waals surface area contributed by atoms with Crippen molar-refractivity contribution < 1.29 is 4.79 Å². The van der Waals surface area contributed by atoms with Gasteiger partial charge in [0.05, 0.1) is 0 Å². The lowest BCUT2D eigenvalue weighted by Crippen LogP contribution is -2.33. The van der Waals surface area contributed by atoms with E-state index in [-0.39, 0.29) is 0 Å². The summed E-state index contributed by atoms with van der Waals surface area (Å²) in [7, 11) is 0. The van der Waals surface area contributed by atoms with Crippen molar-refractivity contribution in [2.24, 2.45) is 5.92 Å². The van der Waals surface area contributed by atoms with Crippen molar-refractivity contribution >= 4 is 5.91 Å². The van der Waals surface area contributed by atoms with Crippen molar-refractivity contribution in [1.29, 1.82) is 0 Å². The average Bonchev–Trinajstić information content (AvgIpc) is 3.10. The Labute approximate surface area is 115 Å². The van der Waals surface area contributed by atoms with E-state index in [2.05, 4.69) is 36.1 Å². The molecule has 102 valence electrons. The Balaban J connectivity index is 1.67. The highest BCUT2D eigenvalue weighted by Gasteiger charge is 2.32. The van der Waals surface area contributed by atoms with Crippen LogP contribution >= 0.6 is 0 Å². The third-order valence-electron chi connectivity index (χ3n) is 4.83. The van der Waals surface area contributed by atoms with Gasteiger partial charge >= 0.3 is 0 Å². The Kier molecular flexibility index (Phi) is 3.58. The molecule has 2 aliphatic rings. The summed E-state index contributed by atoms with van der Waals surface area (Å²) in [4.78, 5) is 14.6. The number of carbonyl (C=O) groups excluding carboxylic acids is 1. The minimum atomic E-state index is 0.329. The van der Waals surface area contributed by atoms with Crippen molar-refractivity contribution in [1.82, 2.24) is 4.90 Å². The molecule has 0 bridgehead atoms.